The minimum absolute atomic E-state index is 0.0341. The van der Waals surface area contributed by atoms with Crippen LogP contribution in [-0.4, -0.2) is 16.1 Å². The standard InChI is InChI=1S/C12H8Cl2N2O2/c13-7-4-8(14)6-9(5-7)15-11-3-1-2-10(16-11)12(17)18/h1-6H,(H,15,16)(H,17,18). The third kappa shape index (κ3) is 3.12. The van der Waals surface area contributed by atoms with Crippen molar-refractivity contribution in [2.75, 3.05) is 5.32 Å². The van der Waals surface area contributed by atoms with E-state index in [-0.39, 0.29) is 5.69 Å². The summed E-state index contributed by atoms with van der Waals surface area (Å²) in [5.74, 6) is -0.670. The van der Waals surface area contributed by atoms with E-state index in [0.29, 0.717) is 21.6 Å². The Morgan fingerprint density at radius 2 is 1.83 bits per heavy atom. The normalized spacial score (nSPS) is 10.1. The second kappa shape index (κ2) is 5.25. The number of pyridine rings is 1. The number of carboxylic acid groups (broad SMARTS) is 1. The molecule has 0 fully saturated rings. The van der Waals surface area contributed by atoms with Crippen molar-refractivity contribution in [3.8, 4) is 0 Å². The minimum atomic E-state index is -1.08. The van der Waals surface area contributed by atoms with E-state index in [0.717, 1.165) is 0 Å². The molecule has 1 heterocycles. The molecule has 0 bridgehead atoms. The summed E-state index contributed by atoms with van der Waals surface area (Å²) in [6, 6.07) is 9.62. The highest BCUT2D eigenvalue weighted by Gasteiger charge is 2.05. The summed E-state index contributed by atoms with van der Waals surface area (Å²) in [6.45, 7) is 0. The van der Waals surface area contributed by atoms with Crippen LogP contribution in [0.15, 0.2) is 36.4 Å². The summed E-state index contributed by atoms with van der Waals surface area (Å²) >= 11 is 11.7. The topological polar surface area (TPSA) is 62.2 Å². The first-order valence-corrected chi connectivity index (χ1v) is 5.73. The van der Waals surface area contributed by atoms with E-state index >= 15 is 0 Å². The first-order chi connectivity index (χ1) is 8.54. The SMILES string of the molecule is O=C(O)c1cccc(Nc2cc(Cl)cc(Cl)c2)n1. The fourth-order valence-corrected chi connectivity index (χ4v) is 1.92. The second-order valence-corrected chi connectivity index (χ2v) is 4.37. The molecule has 0 atom stereocenters. The molecule has 0 amide bonds. The molecule has 0 saturated heterocycles. The van der Waals surface area contributed by atoms with Crippen molar-refractivity contribution >= 4 is 40.7 Å². The van der Waals surface area contributed by atoms with Gasteiger partial charge in [-0.3, -0.25) is 0 Å². The lowest BCUT2D eigenvalue weighted by Crippen LogP contribution is -2.02. The van der Waals surface area contributed by atoms with Crippen LogP contribution in [0, 0.1) is 0 Å². The number of benzene rings is 1. The van der Waals surface area contributed by atoms with Gasteiger partial charge in [0.15, 0.2) is 5.69 Å². The molecule has 6 heteroatoms. The first-order valence-electron chi connectivity index (χ1n) is 4.98. The highest BCUT2D eigenvalue weighted by Crippen LogP contribution is 2.24. The molecule has 2 N–H and O–H groups in total. The second-order valence-electron chi connectivity index (χ2n) is 3.50. The molecule has 92 valence electrons. The van der Waals surface area contributed by atoms with Crippen LogP contribution >= 0.6 is 23.2 Å². The number of nitrogens with one attached hydrogen (secondary N) is 1. The van der Waals surface area contributed by atoms with Gasteiger partial charge in [-0.2, -0.15) is 0 Å². The van der Waals surface area contributed by atoms with Crippen LogP contribution in [-0.2, 0) is 0 Å². The zero-order chi connectivity index (χ0) is 13.1. The minimum Gasteiger partial charge on any atom is -0.477 e. The molecular weight excluding hydrogens is 275 g/mol. The Morgan fingerprint density at radius 1 is 1.17 bits per heavy atom. The first kappa shape index (κ1) is 12.7. The van der Waals surface area contributed by atoms with E-state index in [9.17, 15) is 4.79 Å². The lowest BCUT2D eigenvalue weighted by Gasteiger charge is -2.07. The summed E-state index contributed by atoms with van der Waals surface area (Å²) < 4.78 is 0. The Hall–Kier alpha value is -1.78. The Kier molecular flexibility index (Phi) is 3.69. The number of anilines is 2. The summed E-state index contributed by atoms with van der Waals surface area (Å²) in [4.78, 5) is 14.7. The monoisotopic (exact) mass is 282 g/mol. The van der Waals surface area contributed by atoms with Gasteiger partial charge < -0.3 is 10.4 Å². The predicted molar refractivity (Wildman–Crippen MR) is 70.9 cm³/mol. The molecule has 0 aliphatic heterocycles. The fourth-order valence-electron chi connectivity index (χ4n) is 1.40. The van der Waals surface area contributed by atoms with Crippen molar-refractivity contribution in [1.82, 2.24) is 4.98 Å². The smallest absolute Gasteiger partial charge is 0.354 e. The molecule has 1 aromatic heterocycles. The fraction of sp³-hybridized carbons (Fsp3) is 0. The van der Waals surface area contributed by atoms with E-state index in [1.54, 1.807) is 30.3 Å². The molecular formula is C12H8Cl2N2O2. The average Bonchev–Trinajstić information content (AvgIpc) is 2.27. The van der Waals surface area contributed by atoms with Gasteiger partial charge >= 0.3 is 5.97 Å². The zero-order valence-corrected chi connectivity index (χ0v) is 10.5. The third-order valence-electron chi connectivity index (χ3n) is 2.10. The molecule has 1 aromatic carbocycles. The number of nitrogens with zero attached hydrogens (tertiary/aromatic N) is 1. The van der Waals surface area contributed by atoms with Crippen LogP contribution in [0.25, 0.3) is 0 Å². The van der Waals surface area contributed by atoms with E-state index in [4.69, 9.17) is 28.3 Å². The van der Waals surface area contributed by atoms with Crippen LogP contribution in [0.3, 0.4) is 0 Å². The van der Waals surface area contributed by atoms with E-state index in [2.05, 4.69) is 10.3 Å². The summed E-state index contributed by atoms with van der Waals surface area (Å²) in [7, 11) is 0. The van der Waals surface area contributed by atoms with Crippen molar-refractivity contribution in [2.24, 2.45) is 0 Å². The van der Waals surface area contributed by atoms with Crippen molar-refractivity contribution < 1.29 is 9.90 Å². The summed E-state index contributed by atoms with van der Waals surface area (Å²) in [5, 5.41) is 12.7. The Labute approximate surface area is 113 Å². The van der Waals surface area contributed by atoms with Gasteiger partial charge in [0.25, 0.3) is 0 Å². The summed E-state index contributed by atoms with van der Waals surface area (Å²) in [6.07, 6.45) is 0. The highest BCUT2D eigenvalue weighted by atomic mass is 35.5. The molecule has 0 unspecified atom stereocenters. The van der Waals surface area contributed by atoms with Gasteiger partial charge in [-0.15, -0.1) is 0 Å². The molecule has 0 aliphatic rings. The third-order valence-corrected chi connectivity index (χ3v) is 2.54. The number of hydrogen-bond acceptors (Lipinski definition) is 3. The maximum atomic E-state index is 10.8. The van der Waals surface area contributed by atoms with Crippen LogP contribution in [0.4, 0.5) is 11.5 Å². The maximum absolute atomic E-state index is 10.8. The maximum Gasteiger partial charge on any atom is 0.354 e. The molecule has 2 aromatic rings. The largest absolute Gasteiger partial charge is 0.477 e. The molecule has 0 spiro atoms. The van der Waals surface area contributed by atoms with Crippen molar-refractivity contribution in [3.05, 3.63) is 52.1 Å². The zero-order valence-electron chi connectivity index (χ0n) is 9.02. The Bertz CT molecular complexity index is 582. The number of halogens is 2. The number of rotatable bonds is 3. The Morgan fingerprint density at radius 3 is 2.44 bits per heavy atom. The van der Waals surface area contributed by atoms with Gasteiger partial charge in [-0.1, -0.05) is 29.3 Å². The molecule has 0 radical (unpaired) electrons. The van der Waals surface area contributed by atoms with Gasteiger partial charge in [0.2, 0.25) is 0 Å². The lowest BCUT2D eigenvalue weighted by molar-refractivity contribution is 0.0690. The van der Waals surface area contributed by atoms with Crippen LogP contribution in [0.5, 0.6) is 0 Å². The lowest BCUT2D eigenvalue weighted by atomic mass is 10.3. The molecule has 0 saturated carbocycles. The molecule has 0 aliphatic carbocycles. The van der Waals surface area contributed by atoms with Gasteiger partial charge in [-0.25, -0.2) is 9.78 Å². The van der Waals surface area contributed by atoms with Crippen LogP contribution in [0.1, 0.15) is 10.5 Å². The van der Waals surface area contributed by atoms with Gasteiger partial charge in [-0.05, 0) is 30.3 Å². The van der Waals surface area contributed by atoms with E-state index < -0.39 is 5.97 Å². The predicted octanol–water partition coefficient (Wildman–Crippen LogP) is 3.83. The quantitative estimate of drug-likeness (QED) is 0.898. The molecule has 18 heavy (non-hydrogen) atoms. The van der Waals surface area contributed by atoms with Crippen LogP contribution < -0.4 is 5.32 Å². The number of carboxylic acids is 1. The Balaban J connectivity index is 2.28. The van der Waals surface area contributed by atoms with E-state index in [1.807, 2.05) is 0 Å². The average molecular weight is 283 g/mol. The van der Waals surface area contributed by atoms with Crippen LogP contribution in [0.2, 0.25) is 10.0 Å². The van der Waals surface area contributed by atoms with Crippen molar-refractivity contribution in [1.29, 1.82) is 0 Å². The van der Waals surface area contributed by atoms with Crippen molar-refractivity contribution in [2.45, 2.75) is 0 Å². The van der Waals surface area contributed by atoms with E-state index in [1.165, 1.54) is 6.07 Å². The number of aromatic carboxylic acids is 1. The van der Waals surface area contributed by atoms with Crippen molar-refractivity contribution in [3.63, 3.8) is 0 Å². The van der Waals surface area contributed by atoms with Gasteiger partial charge in [0, 0.05) is 15.7 Å². The number of carbonyl (C=O) groups is 1. The summed E-state index contributed by atoms with van der Waals surface area (Å²) in [5.41, 5.74) is 0.607. The van der Waals surface area contributed by atoms with Gasteiger partial charge in [0.1, 0.15) is 5.82 Å². The number of aromatic nitrogens is 1. The molecule has 2 rings (SSSR count). The van der Waals surface area contributed by atoms with Gasteiger partial charge in [0.05, 0.1) is 0 Å². The number of hydrogen-bond donors (Lipinski definition) is 2. The molecule has 4 nitrogen and oxygen atoms in total. The highest BCUT2D eigenvalue weighted by molar-refractivity contribution is 6.35.